The molecule has 0 atom stereocenters. The Bertz CT molecular complexity index is 516. The molecule has 0 saturated heterocycles. The summed E-state index contributed by atoms with van der Waals surface area (Å²) in [6, 6.07) is 1.97. The maximum Gasteiger partial charge on any atom is 0.182 e. The summed E-state index contributed by atoms with van der Waals surface area (Å²) in [5.74, 6) is 1.21. The number of nitrogens with two attached hydrogens (primary N) is 1. The molecule has 2 aromatic rings. The summed E-state index contributed by atoms with van der Waals surface area (Å²) < 4.78 is 1.72. The van der Waals surface area contributed by atoms with E-state index < -0.39 is 0 Å². The number of hydrogen-bond acceptors (Lipinski definition) is 5. The van der Waals surface area contributed by atoms with Gasteiger partial charge in [-0.1, -0.05) is 0 Å². The zero-order valence-corrected chi connectivity index (χ0v) is 9.52. The van der Waals surface area contributed by atoms with Gasteiger partial charge in [0.2, 0.25) is 0 Å². The average Bonchev–Trinajstić information content (AvgIpc) is 2.58. The Morgan fingerprint density at radius 1 is 1.31 bits per heavy atom. The van der Waals surface area contributed by atoms with E-state index in [1.807, 2.05) is 19.9 Å². The zero-order chi connectivity index (χ0) is 11.7. The van der Waals surface area contributed by atoms with Crippen LogP contribution in [-0.2, 0) is 0 Å². The van der Waals surface area contributed by atoms with E-state index in [4.69, 9.17) is 5.73 Å². The first-order valence-corrected chi connectivity index (χ1v) is 4.95. The predicted molar refractivity (Wildman–Crippen MR) is 62.6 cm³/mol. The van der Waals surface area contributed by atoms with Crippen LogP contribution in [0.5, 0.6) is 0 Å². The fraction of sp³-hybridized carbons (Fsp3) is 0.300. The van der Waals surface area contributed by atoms with Crippen molar-refractivity contribution in [3.05, 3.63) is 23.8 Å². The summed E-state index contributed by atoms with van der Waals surface area (Å²) in [6.45, 7) is 3.89. The number of aromatic nitrogens is 4. The molecule has 0 aliphatic rings. The molecule has 0 spiro atoms. The maximum absolute atomic E-state index is 5.96. The molecule has 3 N–H and O–H groups in total. The molecule has 0 saturated carbocycles. The lowest BCUT2D eigenvalue weighted by atomic mass is 10.4. The van der Waals surface area contributed by atoms with E-state index in [2.05, 4.69) is 20.4 Å². The van der Waals surface area contributed by atoms with Crippen LogP contribution in [0.3, 0.4) is 0 Å². The molecule has 0 radical (unpaired) electrons. The van der Waals surface area contributed by atoms with E-state index in [-0.39, 0.29) is 0 Å². The molecule has 2 aromatic heterocycles. The largest absolute Gasteiger partial charge is 0.393 e. The maximum atomic E-state index is 5.96. The van der Waals surface area contributed by atoms with Crippen molar-refractivity contribution in [3.8, 4) is 5.82 Å². The second-order valence-electron chi connectivity index (χ2n) is 3.55. The van der Waals surface area contributed by atoms with Crippen LogP contribution in [0.4, 0.5) is 11.5 Å². The van der Waals surface area contributed by atoms with E-state index in [0.29, 0.717) is 17.3 Å². The first-order chi connectivity index (χ1) is 7.63. The molecule has 2 rings (SSSR count). The van der Waals surface area contributed by atoms with Crippen molar-refractivity contribution in [1.29, 1.82) is 0 Å². The Morgan fingerprint density at radius 2 is 2.06 bits per heavy atom. The first-order valence-electron chi connectivity index (χ1n) is 4.95. The monoisotopic (exact) mass is 218 g/mol. The third-order valence-electron chi connectivity index (χ3n) is 2.31. The molecule has 6 nitrogen and oxygen atoms in total. The van der Waals surface area contributed by atoms with Gasteiger partial charge >= 0.3 is 0 Å². The van der Waals surface area contributed by atoms with E-state index >= 15 is 0 Å². The fourth-order valence-corrected chi connectivity index (χ4v) is 1.60. The third-order valence-corrected chi connectivity index (χ3v) is 2.31. The molecule has 0 aliphatic heterocycles. The highest BCUT2D eigenvalue weighted by Crippen LogP contribution is 2.21. The number of nitrogens with one attached hydrogen (secondary N) is 1. The smallest absolute Gasteiger partial charge is 0.182 e. The Hall–Kier alpha value is -2.11. The van der Waals surface area contributed by atoms with E-state index in [0.717, 1.165) is 11.4 Å². The molecule has 6 heteroatoms. The van der Waals surface area contributed by atoms with Crippen molar-refractivity contribution in [1.82, 2.24) is 19.7 Å². The Balaban J connectivity index is 2.60. The molecule has 0 aliphatic carbocycles. The molecule has 84 valence electrons. The lowest BCUT2D eigenvalue weighted by Gasteiger charge is -2.09. The van der Waals surface area contributed by atoms with Gasteiger partial charge in [0.25, 0.3) is 0 Å². The SMILES string of the molecule is CNc1ncnc(-n2nc(C)cc2C)c1N. The Kier molecular flexibility index (Phi) is 2.47. The van der Waals surface area contributed by atoms with Crippen molar-refractivity contribution < 1.29 is 0 Å². The second kappa shape index (κ2) is 3.80. The summed E-state index contributed by atoms with van der Waals surface area (Å²) in [4.78, 5) is 8.19. The summed E-state index contributed by atoms with van der Waals surface area (Å²) >= 11 is 0. The molecule has 0 fully saturated rings. The van der Waals surface area contributed by atoms with Crippen molar-refractivity contribution in [2.45, 2.75) is 13.8 Å². The van der Waals surface area contributed by atoms with Gasteiger partial charge in [-0.3, -0.25) is 0 Å². The summed E-state index contributed by atoms with van der Waals surface area (Å²) in [6.07, 6.45) is 1.47. The Labute approximate surface area is 93.5 Å². The van der Waals surface area contributed by atoms with Crippen LogP contribution in [0.25, 0.3) is 5.82 Å². The lowest BCUT2D eigenvalue weighted by Crippen LogP contribution is -2.09. The molecule has 0 aromatic carbocycles. The van der Waals surface area contributed by atoms with Gasteiger partial charge in [-0.05, 0) is 19.9 Å². The number of rotatable bonds is 2. The molecule has 0 amide bonds. The fourth-order valence-electron chi connectivity index (χ4n) is 1.60. The zero-order valence-electron chi connectivity index (χ0n) is 9.52. The van der Waals surface area contributed by atoms with Crippen LogP contribution >= 0.6 is 0 Å². The van der Waals surface area contributed by atoms with Gasteiger partial charge in [-0.25, -0.2) is 14.6 Å². The van der Waals surface area contributed by atoms with Crippen LogP contribution in [0.2, 0.25) is 0 Å². The van der Waals surface area contributed by atoms with Crippen LogP contribution in [-0.4, -0.2) is 26.8 Å². The number of nitrogen functional groups attached to an aromatic ring is 1. The van der Waals surface area contributed by atoms with E-state index in [1.165, 1.54) is 6.33 Å². The van der Waals surface area contributed by atoms with Gasteiger partial charge in [0.15, 0.2) is 11.6 Å². The van der Waals surface area contributed by atoms with E-state index in [9.17, 15) is 0 Å². The van der Waals surface area contributed by atoms with E-state index in [1.54, 1.807) is 11.7 Å². The number of nitrogens with zero attached hydrogens (tertiary/aromatic N) is 4. The number of anilines is 2. The van der Waals surface area contributed by atoms with Gasteiger partial charge in [0.05, 0.1) is 5.69 Å². The molecular formula is C10H14N6. The average molecular weight is 218 g/mol. The topological polar surface area (TPSA) is 81.7 Å². The summed E-state index contributed by atoms with van der Waals surface area (Å²) in [5, 5.41) is 7.25. The van der Waals surface area contributed by atoms with Crippen molar-refractivity contribution in [2.24, 2.45) is 0 Å². The lowest BCUT2D eigenvalue weighted by molar-refractivity contribution is 0.804. The highest BCUT2D eigenvalue weighted by molar-refractivity contribution is 5.68. The van der Waals surface area contributed by atoms with Gasteiger partial charge in [-0.15, -0.1) is 0 Å². The Morgan fingerprint density at radius 3 is 2.62 bits per heavy atom. The first kappa shape index (κ1) is 10.4. The predicted octanol–water partition coefficient (Wildman–Crippen LogP) is 0.903. The minimum Gasteiger partial charge on any atom is -0.393 e. The van der Waals surface area contributed by atoms with Crippen LogP contribution in [0.15, 0.2) is 12.4 Å². The quantitative estimate of drug-likeness (QED) is 0.782. The summed E-state index contributed by atoms with van der Waals surface area (Å²) in [5.41, 5.74) is 8.37. The minimum absolute atomic E-state index is 0.496. The number of aryl methyl sites for hydroxylation is 2. The van der Waals surface area contributed by atoms with Gasteiger partial charge in [0.1, 0.15) is 12.0 Å². The van der Waals surface area contributed by atoms with Crippen LogP contribution in [0, 0.1) is 13.8 Å². The molecular weight excluding hydrogens is 204 g/mol. The van der Waals surface area contributed by atoms with Crippen molar-refractivity contribution in [3.63, 3.8) is 0 Å². The highest BCUT2D eigenvalue weighted by atomic mass is 15.3. The second-order valence-corrected chi connectivity index (χ2v) is 3.55. The highest BCUT2D eigenvalue weighted by Gasteiger charge is 2.11. The molecule has 2 heterocycles. The normalized spacial score (nSPS) is 10.4. The van der Waals surface area contributed by atoms with Gasteiger partial charge in [0, 0.05) is 12.7 Å². The third kappa shape index (κ3) is 1.58. The van der Waals surface area contributed by atoms with Crippen molar-refractivity contribution >= 4 is 11.5 Å². The number of hydrogen-bond donors (Lipinski definition) is 2. The standard InChI is InChI=1S/C10H14N6/c1-6-4-7(2)16(15-6)10-8(11)9(12-3)13-5-14-10/h4-5H,11H2,1-3H3,(H,12,13,14). The molecule has 0 unspecified atom stereocenters. The molecule has 0 bridgehead atoms. The molecule has 16 heavy (non-hydrogen) atoms. The van der Waals surface area contributed by atoms with Crippen LogP contribution < -0.4 is 11.1 Å². The minimum atomic E-state index is 0.496. The summed E-state index contributed by atoms with van der Waals surface area (Å²) in [7, 11) is 1.77. The van der Waals surface area contributed by atoms with Gasteiger partial charge < -0.3 is 11.1 Å². The van der Waals surface area contributed by atoms with Gasteiger partial charge in [-0.2, -0.15) is 5.10 Å². The van der Waals surface area contributed by atoms with Crippen molar-refractivity contribution in [2.75, 3.05) is 18.1 Å². The van der Waals surface area contributed by atoms with Crippen LogP contribution in [0.1, 0.15) is 11.4 Å².